The number of nitrogens with one attached hydrogen (secondary N) is 1. The average molecular weight is 385 g/mol. The predicted molar refractivity (Wildman–Crippen MR) is 102 cm³/mol. The Kier molecular flexibility index (Phi) is 4.59. The van der Waals surface area contributed by atoms with Crippen molar-refractivity contribution < 1.29 is 9.32 Å². The Morgan fingerprint density at radius 3 is 2.56 bits per heavy atom. The van der Waals surface area contributed by atoms with E-state index in [-0.39, 0.29) is 12.3 Å². The van der Waals surface area contributed by atoms with Crippen molar-refractivity contribution in [1.82, 2.24) is 25.0 Å². The smallest absolute Gasteiger partial charge is 0.226 e. The van der Waals surface area contributed by atoms with E-state index in [4.69, 9.17) is 4.52 Å². The molecule has 0 aromatic carbocycles. The zero-order chi connectivity index (χ0) is 19.0. The van der Waals surface area contributed by atoms with Crippen molar-refractivity contribution in [2.24, 2.45) is 0 Å². The Labute approximate surface area is 161 Å². The van der Waals surface area contributed by atoms with Crippen LogP contribution >= 0.6 is 11.3 Å². The highest BCUT2D eigenvalue weighted by molar-refractivity contribution is 7.12. The lowest BCUT2D eigenvalue weighted by molar-refractivity contribution is -0.122. The Morgan fingerprint density at radius 2 is 1.93 bits per heavy atom. The van der Waals surface area contributed by atoms with Crippen LogP contribution in [0.2, 0.25) is 0 Å². The molecule has 4 rings (SSSR count). The van der Waals surface area contributed by atoms with Gasteiger partial charge in [-0.15, -0.1) is 11.3 Å². The Balaban J connectivity index is 1.49. The molecule has 0 bridgehead atoms. The van der Waals surface area contributed by atoms with Crippen molar-refractivity contribution in [2.45, 2.75) is 58.4 Å². The number of rotatable bonds is 5. The molecule has 0 unspecified atom stereocenters. The van der Waals surface area contributed by atoms with Crippen molar-refractivity contribution in [3.8, 4) is 5.13 Å². The summed E-state index contributed by atoms with van der Waals surface area (Å²) in [4.78, 5) is 21.8. The van der Waals surface area contributed by atoms with E-state index in [1.807, 2.05) is 5.38 Å². The van der Waals surface area contributed by atoms with E-state index in [1.54, 1.807) is 18.3 Å². The number of aryl methyl sites for hydroxylation is 3. The van der Waals surface area contributed by atoms with Gasteiger partial charge in [-0.1, -0.05) is 18.0 Å². The number of aromatic nitrogens is 4. The van der Waals surface area contributed by atoms with E-state index in [0.29, 0.717) is 11.7 Å². The second-order valence-corrected chi connectivity index (χ2v) is 8.06. The molecular formula is C19H23N5O2S. The summed E-state index contributed by atoms with van der Waals surface area (Å²) in [5.41, 5.74) is 2.53. The topological polar surface area (TPSA) is 85.8 Å². The first-order chi connectivity index (χ1) is 13.0. The van der Waals surface area contributed by atoms with Crippen molar-refractivity contribution in [3.05, 3.63) is 46.3 Å². The summed E-state index contributed by atoms with van der Waals surface area (Å²) < 4.78 is 7.25. The summed E-state index contributed by atoms with van der Waals surface area (Å²) in [7, 11) is 0. The van der Waals surface area contributed by atoms with E-state index >= 15 is 0 Å². The van der Waals surface area contributed by atoms with Crippen LogP contribution in [0.25, 0.3) is 5.13 Å². The molecule has 0 saturated heterocycles. The standard InChI is InChI=1S/C19H23N5O2S/c1-12-6-7-13(2)24(12)18-21-15(11-27-18)10-16(25)22-19(8-4-5-9-19)17-20-14(3)26-23-17/h6-7,11H,4-5,8-10H2,1-3H3,(H,22,25). The fourth-order valence-electron chi connectivity index (χ4n) is 3.80. The molecule has 1 N–H and O–H groups in total. The van der Waals surface area contributed by atoms with Crippen LogP contribution in [0.3, 0.4) is 0 Å². The third kappa shape index (κ3) is 3.41. The average Bonchev–Trinajstić information content (AvgIpc) is 3.38. The molecule has 1 saturated carbocycles. The van der Waals surface area contributed by atoms with E-state index in [2.05, 4.69) is 51.0 Å². The van der Waals surface area contributed by atoms with Crippen LogP contribution in [0.5, 0.6) is 0 Å². The number of amides is 1. The van der Waals surface area contributed by atoms with Crippen LogP contribution in [-0.2, 0) is 16.8 Å². The van der Waals surface area contributed by atoms with Gasteiger partial charge in [0.05, 0.1) is 12.1 Å². The molecule has 1 aliphatic carbocycles. The highest BCUT2D eigenvalue weighted by Crippen LogP contribution is 2.37. The van der Waals surface area contributed by atoms with Gasteiger partial charge in [-0.3, -0.25) is 9.36 Å². The zero-order valence-corrected chi connectivity index (χ0v) is 16.6. The molecule has 27 heavy (non-hydrogen) atoms. The molecule has 1 amide bonds. The molecule has 0 spiro atoms. The lowest BCUT2D eigenvalue weighted by Crippen LogP contribution is -2.45. The molecule has 0 radical (unpaired) electrons. The summed E-state index contributed by atoms with van der Waals surface area (Å²) in [6, 6.07) is 4.14. The van der Waals surface area contributed by atoms with E-state index in [1.165, 1.54) is 0 Å². The number of thiazole rings is 1. The molecule has 8 heteroatoms. The zero-order valence-electron chi connectivity index (χ0n) is 15.8. The van der Waals surface area contributed by atoms with Gasteiger partial charge in [-0.05, 0) is 38.8 Å². The fraction of sp³-hybridized carbons (Fsp3) is 0.474. The van der Waals surface area contributed by atoms with Crippen molar-refractivity contribution in [2.75, 3.05) is 0 Å². The summed E-state index contributed by atoms with van der Waals surface area (Å²) in [5, 5.41) is 10.1. The Morgan fingerprint density at radius 1 is 1.22 bits per heavy atom. The highest BCUT2D eigenvalue weighted by Gasteiger charge is 2.41. The fourth-order valence-corrected chi connectivity index (χ4v) is 4.74. The van der Waals surface area contributed by atoms with Gasteiger partial charge in [0.2, 0.25) is 11.8 Å². The molecular weight excluding hydrogens is 362 g/mol. The normalized spacial score (nSPS) is 16.0. The molecule has 0 atom stereocenters. The van der Waals surface area contributed by atoms with Gasteiger partial charge >= 0.3 is 0 Å². The third-order valence-corrected chi connectivity index (χ3v) is 6.01. The van der Waals surface area contributed by atoms with Gasteiger partial charge in [0.25, 0.3) is 0 Å². The van der Waals surface area contributed by atoms with Gasteiger partial charge in [0, 0.05) is 23.7 Å². The van der Waals surface area contributed by atoms with Crippen LogP contribution < -0.4 is 5.32 Å². The number of carbonyl (C=O) groups excluding carboxylic acids is 1. The molecule has 1 aliphatic rings. The van der Waals surface area contributed by atoms with Gasteiger partial charge in [-0.2, -0.15) is 4.98 Å². The second-order valence-electron chi connectivity index (χ2n) is 7.22. The SMILES string of the molecule is Cc1nc(C2(NC(=O)Cc3csc(-n4c(C)ccc4C)n3)CCCC2)no1. The first-order valence-corrected chi connectivity index (χ1v) is 10.1. The first kappa shape index (κ1) is 17.9. The molecule has 3 aromatic rings. The summed E-state index contributed by atoms with van der Waals surface area (Å²) in [6.45, 7) is 5.87. The molecule has 7 nitrogen and oxygen atoms in total. The van der Waals surface area contributed by atoms with Gasteiger partial charge < -0.3 is 9.84 Å². The maximum Gasteiger partial charge on any atom is 0.226 e. The minimum absolute atomic E-state index is 0.0582. The van der Waals surface area contributed by atoms with Gasteiger partial charge in [0.1, 0.15) is 5.54 Å². The number of hydrogen-bond acceptors (Lipinski definition) is 6. The van der Waals surface area contributed by atoms with E-state index in [0.717, 1.165) is 47.9 Å². The number of hydrogen-bond donors (Lipinski definition) is 1. The predicted octanol–water partition coefficient (Wildman–Crippen LogP) is 3.37. The Hall–Kier alpha value is -2.48. The van der Waals surface area contributed by atoms with Gasteiger partial charge in [0.15, 0.2) is 11.0 Å². The van der Waals surface area contributed by atoms with E-state index < -0.39 is 5.54 Å². The monoisotopic (exact) mass is 385 g/mol. The van der Waals surface area contributed by atoms with Crippen molar-refractivity contribution >= 4 is 17.2 Å². The highest BCUT2D eigenvalue weighted by atomic mass is 32.1. The molecule has 142 valence electrons. The molecule has 3 heterocycles. The van der Waals surface area contributed by atoms with Crippen molar-refractivity contribution in [3.63, 3.8) is 0 Å². The molecule has 3 aromatic heterocycles. The summed E-state index contributed by atoms with van der Waals surface area (Å²) >= 11 is 1.55. The van der Waals surface area contributed by atoms with E-state index in [9.17, 15) is 4.79 Å². The largest absolute Gasteiger partial charge is 0.343 e. The first-order valence-electron chi connectivity index (χ1n) is 9.18. The third-order valence-electron chi connectivity index (χ3n) is 5.14. The lowest BCUT2D eigenvalue weighted by Gasteiger charge is -2.26. The molecule has 1 fully saturated rings. The summed E-state index contributed by atoms with van der Waals surface area (Å²) in [6.07, 6.45) is 4.00. The van der Waals surface area contributed by atoms with Gasteiger partial charge in [-0.25, -0.2) is 4.98 Å². The number of nitrogens with zero attached hydrogens (tertiary/aromatic N) is 4. The maximum atomic E-state index is 12.7. The second kappa shape index (κ2) is 6.92. The Bertz CT molecular complexity index is 945. The minimum atomic E-state index is -0.513. The number of carbonyl (C=O) groups is 1. The van der Waals surface area contributed by atoms with Crippen LogP contribution in [0, 0.1) is 20.8 Å². The van der Waals surface area contributed by atoms with Crippen LogP contribution in [0.1, 0.15) is 54.5 Å². The summed E-state index contributed by atoms with van der Waals surface area (Å²) in [5.74, 6) is 1.05. The quantitative estimate of drug-likeness (QED) is 0.728. The maximum absolute atomic E-state index is 12.7. The lowest BCUT2D eigenvalue weighted by atomic mass is 9.96. The molecule has 0 aliphatic heterocycles. The van der Waals surface area contributed by atoms with Crippen molar-refractivity contribution in [1.29, 1.82) is 0 Å². The minimum Gasteiger partial charge on any atom is -0.343 e. The van der Waals surface area contributed by atoms with Crippen LogP contribution in [-0.4, -0.2) is 25.6 Å². The van der Waals surface area contributed by atoms with Crippen LogP contribution in [0.15, 0.2) is 22.0 Å². The van der Waals surface area contributed by atoms with Crippen LogP contribution in [0.4, 0.5) is 0 Å².